The molecule has 34 heavy (non-hydrogen) atoms. The van der Waals surface area contributed by atoms with Crippen LogP contribution in [0.25, 0.3) is 11.1 Å². The Morgan fingerprint density at radius 1 is 1.09 bits per heavy atom. The number of alkyl halides is 3. The second-order valence-electron chi connectivity index (χ2n) is 7.62. The number of nitrogens with one attached hydrogen (secondary N) is 1. The first kappa shape index (κ1) is 24.6. The lowest BCUT2D eigenvalue weighted by molar-refractivity contribution is -0.164. The number of terminal acetylenes is 1. The maximum absolute atomic E-state index is 13.5. The molecular weight excluding hydrogens is 453 g/mol. The molecule has 0 heterocycles. The zero-order valence-electron chi connectivity index (χ0n) is 17.8. The molecule has 2 aromatic rings. The average molecular weight is 474 g/mol. The number of nitrogens with zero attached hydrogens (tertiary/aromatic N) is 1. The highest BCUT2D eigenvalue weighted by molar-refractivity contribution is 5.83. The second kappa shape index (κ2) is 10.3. The molecule has 7 nitrogen and oxygen atoms in total. The molecule has 1 unspecified atom stereocenters. The van der Waals surface area contributed by atoms with Crippen LogP contribution in [0.15, 0.2) is 48.5 Å². The first-order valence-electron chi connectivity index (χ1n) is 10.2. The van der Waals surface area contributed by atoms with E-state index >= 15 is 0 Å². The van der Waals surface area contributed by atoms with Crippen molar-refractivity contribution >= 4 is 18.0 Å². The molecule has 0 aliphatic heterocycles. The van der Waals surface area contributed by atoms with Gasteiger partial charge >= 0.3 is 18.2 Å². The molecule has 0 saturated carbocycles. The minimum atomic E-state index is -4.98. The van der Waals surface area contributed by atoms with Crippen molar-refractivity contribution in [3.05, 3.63) is 59.7 Å². The van der Waals surface area contributed by atoms with Crippen molar-refractivity contribution in [1.82, 2.24) is 10.2 Å². The SMILES string of the molecule is C#CCN(CC(=O)O)C(=O)CC(NC(=O)OCC1c2ccccc2-c2ccccc21)C(F)(F)F. The summed E-state index contributed by atoms with van der Waals surface area (Å²) >= 11 is 0. The fraction of sp³-hybridized carbons (Fsp3) is 0.292. The van der Waals surface area contributed by atoms with Gasteiger partial charge in [0.1, 0.15) is 19.2 Å². The van der Waals surface area contributed by atoms with E-state index in [-0.39, 0.29) is 12.5 Å². The molecule has 2 amide bonds. The van der Waals surface area contributed by atoms with Gasteiger partial charge in [-0.05, 0) is 22.3 Å². The summed E-state index contributed by atoms with van der Waals surface area (Å²) in [5.41, 5.74) is 3.69. The van der Waals surface area contributed by atoms with Gasteiger partial charge in [0.25, 0.3) is 0 Å². The fourth-order valence-electron chi connectivity index (χ4n) is 3.84. The number of rotatable bonds is 8. The standard InChI is InChI=1S/C24H21F3N2O5/c1-2-11-29(13-22(31)32)21(30)12-20(24(25,26)27)28-23(33)34-14-19-17-9-5-3-7-15(17)16-8-4-6-10-18(16)19/h1,3-10,19-20H,11-14H2,(H,28,33)(H,31,32). The fourth-order valence-corrected chi connectivity index (χ4v) is 3.84. The van der Waals surface area contributed by atoms with Gasteiger partial charge in [-0.1, -0.05) is 54.5 Å². The lowest BCUT2D eigenvalue weighted by atomic mass is 9.98. The molecule has 0 radical (unpaired) electrons. The van der Waals surface area contributed by atoms with Crippen LogP contribution in [-0.4, -0.2) is 59.9 Å². The third-order valence-electron chi connectivity index (χ3n) is 5.37. The number of benzene rings is 2. The highest BCUT2D eigenvalue weighted by atomic mass is 19.4. The van der Waals surface area contributed by atoms with Crippen molar-refractivity contribution in [2.24, 2.45) is 0 Å². The van der Waals surface area contributed by atoms with Crippen LogP contribution in [0.2, 0.25) is 0 Å². The topological polar surface area (TPSA) is 95.9 Å². The molecule has 3 rings (SSSR count). The lowest BCUT2D eigenvalue weighted by Gasteiger charge is -2.25. The summed E-state index contributed by atoms with van der Waals surface area (Å²) in [5.74, 6) is -0.931. The highest BCUT2D eigenvalue weighted by Crippen LogP contribution is 2.44. The van der Waals surface area contributed by atoms with E-state index in [1.165, 1.54) is 0 Å². The number of ether oxygens (including phenoxy) is 1. The first-order valence-corrected chi connectivity index (χ1v) is 10.2. The van der Waals surface area contributed by atoms with Crippen molar-refractivity contribution in [2.45, 2.75) is 24.6 Å². The molecule has 0 bridgehead atoms. The summed E-state index contributed by atoms with van der Waals surface area (Å²) in [4.78, 5) is 35.9. The Labute approximate surface area is 193 Å². The minimum absolute atomic E-state index is 0.208. The second-order valence-corrected chi connectivity index (χ2v) is 7.62. The first-order chi connectivity index (χ1) is 16.1. The molecule has 2 aromatic carbocycles. The predicted molar refractivity (Wildman–Crippen MR) is 116 cm³/mol. The quantitative estimate of drug-likeness (QED) is 0.572. The number of alkyl carbamates (subject to hydrolysis) is 1. The van der Waals surface area contributed by atoms with Crippen LogP contribution in [0, 0.1) is 12.3 Å². The molecule has 1 aliphatic rings. The van der Waals surface area contributed by atoms with Crippen molar-refractivity contribution in [2.75, 3.05) is 19.7 Å². The molecule has 10 heteroatoms. The third kappa shape index (κ3) is 5.67. The molecule has 1 aliphatic carbocycles. The van der Waals surface area contributed by atoms with E-state index in [4.69, 9.17) is 16.3 Å². The smallest absolute Gasteiger partial charge is 0.409 e. The zero-order valence-corrected chi connectivity index (χ0v) is 17.8. The predicted octanol–water partition coefficient (Wildman–Crippen LogP) is 3.39. The Morgan fingerprint density at radius 3 is 2.15 bits per heavy atom. The van der Waals surface area contributed by atoms with Crippen LogP contribution in [-0.2, 0) is 14.3 Å². The molecule has 0 spiro atoms. The van der Waals surface area contributed by atoms with Crippen molar-refractivity contribution in [3.63, 3.8) is 0 Å². The Balaban J connectivity index is 1.68. The zero-order chi connectivity index (χ0) is 24.9. The van der Waals surface area contributed by atoms with Crippen LogP contribution < -0.4 is 5.32 Å². The summed E-state index contributed by atoms with van der Waals surface area (Å²) in [5, 5.41) is 10.5. The van der Waals surface area contributed by atoms with Crippen LogP contribution in [0.4, 0.5) is 18.0 Å². The lowest BCUT2D eigenvalue weighted by Crippen LogP contribution is -2.49. The van der Waals surface area contributed by atoms with Crippen LogP contribution in [0.3, 0.4) is 0 Å². The van der Waals surface area contributed by atoms with E-state index in [1.807, 2.05) is 54.5 Å². The van der Waals surface area contributed by atoms with Crippen molar-refractivity contribution in [3.8, 4) is 23.5 Å². The number of carbonyl (C=O) groups is 3. The molecule has 2 N–H and O–H groups in total. The highest BCUT2D eigenvalue weighted by Gasteiger charge is 2.43. The Kier molecular flexibility index (Phi) is 7.46. The van der Waals surface area contributed by atoms with Crippen LogP contribution in [0.1, 0.15) is 23.5 Å². The summed E-state index contributed by atoms with van der Waals surface area (Å²) in [7, 11) is 0. The van der Waals surface area contributed by atoms with Gasteiger partial charge in [0.15, 0.2) is 0 Å². The maximum Gasteiger partial charge on any atom is 0.409 e. The van der Waals surface area contributed by atoms with Gasteiger partial charge in [-0.3, -0.25) is 9.59 Å². The van der Waals surface area contributed by atoms with Gasteiger partial charge in [0.2, 0.25) is 5.91 Å². The van der Waals surface area contributed by atoms with Crippen molar-refractivity contribution < 1.29 is 37.4 Å². The molecule has 178 valence electrons. The van der Waals surface area contributed by atoms with Crippen molar-refractivity contribution in [1.29, 1.82) is 0 Å². The molecule has 0 aromatic heterocycles. The van der Waals surface area contributed by atoms with Crippen LogP contribution in [0.5, 0.6) is 0 Å². The Morgan fingerprint density at radius 2 is 1.65 bits per heavy atom. The largest absolute Gasteiger partial charge is 0.480 e. The number of aliphatic carboxylic acids is 1. The number of halogens is 3. The molecule has 0 fully saturated rings. The van der Waals surface area contributed by atoms with Gasteiger partial charge in [-0.2, -0.15) is 13.2 Å². The van der Waals surface area contributed by atoms with Gasteiger partial charge in [-0.15, -0.1) is 6.42 Å². The molecule has 1 atom stereocenters. The minimum Gasteiger partial charge on any atom is -0.480 e. The number of hydrogen-bond acceptors (Lipinski definition) is 4. The third-order valence-corrected chi connectivity index (χ3v) is 5.37. The Hall–Kier alpha value is -4.00. The summed E-state index contributed by atoms with van der Waals surface area (Å²) < 4.78 is 45.6. The van der Waals surface area contributed by atoms with Gasteiger partial charge < -0.3 is 20.1 Å². The van der Waals surface area contributed by atoms with Gasteiger partial charge in [-0.25, -0.2) is 4.79 Å². The number of carbonyl (C=O) groups excluding carboxylic acids is 2. The van der Waals surface area contributed by atoms with E-state index in [9.17, 15) is 27.6 Å². The van der Waals surface area contributed by atoms with Crippen LogP contribution >= 0.6 is 0 Å². The van der Waals surface area contributed by atoms with E-state index in [1.54, 1.807) is 5.32 Å². The van der Waals surface area contributed by atoms with E-state index in [0.29, 0.717) is 4.90 Å². The number of amides is 2. The van der Waals surface area contributed by atoms with Gasteiger partial charge in [0, 0.05) is 5.92 Å². The molecule has 0 saturated heterocycles. The molecular formula is C24H21F3N2O5. The average Bonchev–Trinajstić information content (AvgIpc) is 3.10. The van der Waals surface area contributed by atoms with E-state index < -0.39 is 49.7 Å². The number of fused-ring (bicyclic) bond motifs is 3. The number of carboxylic acids is 1. The van der Waals surface area contributed by atoms with E-state index in [0.717, 1.165) is 22.3 Å². The monoisotopic (exact) mass is 474 g/mol. The summed E-state index contributed by atoms with van der Waals surface area (Å²) in [6.45, 7) is -1.56. The van der Waals surface area contributed by atoms with E-state index in [2.05, 4.69) is 0 Å². The summed E-state index contributed by atoms with van der Waals surface area (Å²) in [6, 6.07) is 12.3. The maximum atomic E-state index is 13.5. The number of carboxylic acid groups (broad SMARTS) is 1. The normalized spacial score (nSPS) is 13.2. The summed E-state index contributed by atoms with van der Waals surface area (Å²) in [6.07, 6.45) is -2.49. The number of hydrogen-bond donors (Lipinski definition) is 2. The Bertz CT molecular complexity index is 1080. The van der Waals surface area contributed by atoms with Gasteiger partial charge in [0.05, 0.1) is 13.0 Å².